The fourth-order valence-corrected chi connectivity index (χ4v) is 3.49. The summed E-state index contributed by atoms with van der Waals surface area (Å²) in [6, 6.07) is 3.79. The van der Waals surface area contributed by atoms with Crippen LogP contribution in [0.5, 0.6) is 0 Å². The normalized spacial score (nSPS) is 13.0. The second kappa shape index (κ2) is 6.77. The monoisotopic (exact) mass is 400 g/mol. The minimum atomic E-state index is -0.179. The van der Waals surface area contributed by atoms with Gasteiger partial charge in [0.05, 0.1) is 9.99 Å². The van der Waals surface area contributed by atoms with Crippen molar-refractivity contribution in [3.63, 3.8) is 0 Å². The molecule has 0 aliphatic carbocycles. The van der Waals surface area contributed by atoms with E-state index in [9.17, 15) is 4.39 Å². The minimum Gasteiger partial charge on any atom is -0.344 e. The number of rotatable bonds is 4. The lowest BCUT2D eigenvalue weighted by molar-refractivity contribution is 0.348. The van der Waals surface area contributed by atoms with E-state index in [0.717, 1.165) is 24.0 Å². The lowest BCUT2D eigenvalue weighted by Gasteiger charge is -2.20. The Kier molecular flexibility index (Phi) is 5.54. The van der Waals surface area contributed by atoms with E-state index >= 15 is 0 Å². The van der Waals surface area contributed by atoms with Crippen LogP contribution in [0.2, 0.25) is 0 Å². The zero-order valence-electron chi connectivity index (χ0n) is 14.8. The number of aromatic nitrogens is 1. The van der Waals surface area contributed by atoms with E-state index in [1.807, 2.05) is 10.6 Å². The van der Waals surface area contributed by atoms with Crippen LogP contribution in [0.15, 0.2) is 22.8 Å². The van der Waals surface area contributed by atoms with Gasteiger partial charge in [0.2, 0.25) is 0 Å². The topological polar surface area (TPSA) is 17.0 Å². The third kappa shape index (κ3) is 4.97. The van der Waals surface area contributed by atoms with Crippen molar-refractivity contribution < 1.29 is 4.39 Å². The third-order valence-electron chi connectivity index (χ3n) is 3.30. The molecule has 0 fully saturated rings. The SMILES string of the molecule is CC(C)(C)Cn1cc(CNSC(C)(C)C)c2ccc(Br)c(F)c21. The van der Waals surface area contributed by atoms with Gasteiger partial charge in [0.1, 0.15) is 0 Å². The Morgan fingerprint density at radius 2 is 1.83 bits per heavy atom. The molecule has 0 bridgehead atoms. The highest BCUT2D eigenvalue weighted by atomic mass is 79.9. The molecule has 0 unspecified atom stereocenters. The van der Waals surface area contributed by atoms with Crippen LogP contribution in [0.1, 0.15) is 47.1 Å². The average Bonchev–Trinajstić information content (AvgIpc) is 2.69. The van der Waals surface area contributed by atoms with Gasteiger partial charge in [0, 0.05) is 29.4 Å². The van der Waals surface area contributed by atoms with Crippen molar-refractivity contribution in [2.75, 3.05) is 0 Å². The van der Waals surface area contributed by atoms with Crippen molar-refractivity contribution in [1.82, 2.24) is 9.29 Å². The van der Waals surface area contributed by atoms with Crippen LogP contribution in [0, 0.1) is 11.2 Å². The molecule has 0 spiro atoms. The van der Waals surface area contributed by atoms with E-state index in [2.05, 4.69) is 68.4 Å². The van der Waals surface area contributed by atoms with Gasteiger partial charge in [0.15, 0.2) is 5.82 Å². The number of hydrogen-bond acceptors (Lipinski definition) is 2. The Hall–Kier alpha value is -0.520. The molecule has 128 valence electrons. The highest BCUT2D eigenvalue weighted by molar-refractivity contribution is 9.10. The first kappa shape index (κ1) is 18.8. The minimum absolute atomic E-state index is 0.0889. The maximum absolute atomic E-state index is 14.7. The maximum Gasteiger partial charge on any atom is 0.161 e. The van der Waals surface area contributed by atoms with Crippen LogP contribution >= 0.6 is 27.9 Å². The fraction of sp³-hybridized carbons (Fsp3) is 0.556. The summed E-state index contributed by atoms with van der Waals surface area (Å²) >= 11 is 5.01. The lowest BCUT2D eigenvalue weighted by atomic mass is 9.97. The maximum atomic E-state index is 14.7. The van der Waals surface area contributed by atoms with Gasteiger partial charge in [-0.3, -0.25) is 4.72 Å². The largest absolute Gasteiger partial charge is 0.344 e. The van der Waals surface area contributed by atoms with Crippen molar-refractivity contribution in [2.24, 2.45) is 5.41 Å². The van der Waals surface area contributed by atoms with E-state index in [4.69, 9.17) is 0 Å². The van der Waals surface area contributed by atoms with Gasteiger partial charge < -0.3 is 4.57 Å². The summed E-state index contributed by atoms with van der Waals surface area (Å²) in [6.45, 7) is 14.5. The van der Waals surface area contributed by atoms with Crippen LogP contribution in [0.3, 0.4) is 0 Å². The van der Waals surface area contributed by atoms with Gasteiger partial charge in [-0.1, -0.05) is 38.8 Å². The van der Waals surface area contributed by atoms with Gasteiger partial charge >= 0.3 is 0 Å². The quantitative estimate of drug-likeness (QED) is 0.621. The number of fused-ring (bicyclic) bond motifs is 1. The van der Waals surface area contributed by atoms with E-state index in [1.54, 1.807) is 18.0 Å². The van der Waals surface area contributed by atoms with Crippen LogP contribution in [0.25, 0.3) is 10.9 Å². The molecule has 23 heavy (non-hydrogen) atoms. The van der Waals surface area contributed by atoms with Gasteiger partial charge in [0.25, 0.3) is 0 Å². The van der Waals surface area contributed by atoms with Crippen molar-refractivity contribution >= 4 is 38.8 Å². The smallest absolute Gasteiger partial charge is 0.161 e. The molecule has 2 aromatic rings. The van der Waals surface area contributed by atoms with Crippen LogP contribution in [-0.4, -0.2) is 9.31 Å². The molecule has 0 saturated carbocycles. The summed E-state index contributed by atoms with van der Waals surface area (Å²) in [5.74, 6) is -0.179. The van der Waals surface area contributed by atoms with E-state index in [0.29, 0.717) is 9.99 Å². The Bertz CT molecular complexity index is 696. The molecule has 1 aromatic carbocycles. The molecule has 2 nitrogen and oxygen atoms in total. The zero-order valence-corrected chi connectivity index (χ0v) is 17.2. The van der Waals surface area contributed by atoms with Crippen LogP contribution in [0.4, 0.5) is 4.39 Å². The van der Waals surface area contributed by atoms with Crippen molar-refractivity contribution in [3.05, 3.63) is 34.2 Å². The van der Waals surface area contributed by atoms with Crippen LogP contribution in [-0.2, 0) is 13.1 Å². The molecule has 1 heterocycles. The van der Waals surface area contributed by atoms with Gasteiger partial charge in [-0.2, -0.15) is 0 Å². The molecular weight excluding hydrogens is 375 g/mol. The summed E-state index contributed by atoms with van der Waals surface area (Å²) in [6.07, 6.45) is 2.08. The first-order chi connectivity index (χ1) is 10.5. The second-order valence-electron chi connectivity index (χ2n) is 8.14. The first-order valence-electron chi connectivity index (χ1n) is 7.84. The number of halogens is 2. The van der Waals surface area contributed by atoms with Crippen molar-refractivity contribution in [3.8, 4) is 0 Å². The Labute approximate surface area is 151 Å². The second-order valence-corrected chi connectivity index (χ2v) is 10.7. The third-order valence-corrected chi connectivity index (χ3v) is 4.81. The molecule has 1 aromatic heterocycles. The summed E-state index contributed by atoms with van der Waals surface area (Å²) in [5.41, 5.74) is 1.91. The summed E-state index contributed by atoms with van der Waals surface area (Å²) in [5, 5.41) is 0.983. The molecule has 0 amide bonds. The molecular formula is C18H26BrFN2S. The standard InChI is InChI=1S/C18H26BrFN2S/c1-17(2,3)11-22-10-12(9-21-23-18(4,5)6)13-7-8-14(19)15(20)16(13)22/h7-8,10,21H,9,11H2,1-6H3. The molecule has 2 rings (SSSR count). The Morgan fingerprint density at radius 1 is 1.17 bits per heavy atom. The number of hydrogen-bond donors (Lipinski definition) is 1. The number of benzene rings is 1. The molecule has 0 aliphatic rings. The molecule has 0 radical (unpaired) electrons. The highest BCUT2D eigenvalue weighted by Crippen LogP contribution is 2.32. The van der Waals surface area contributed by atoms with Crippen molar-refractivity contribution in [2.45, 2.75) is 59.4 Å². The molecule has 0 saturated heterocycles. The molecule has 1 N–H and O–H groups in total. The Morgan fingerprint density at radius 3 is 2.39 bits per heavy atom. The number of nitrogens with one attached hydrogen (secondary N) is 1. The zero-order chi connectivity index (χ0) is 17.4. The van der Waals surface area contributed by atoms with Crippen molar-refractivity contribution in [1.29, 1.82) is 0 Å². The molecule has 0 aliphatic heterocycles. The first-order valence-corrected chi connectivity index (χ1v) is 9.45. The predicted octanol–water partition coefficient (Wildman–Crippen LogP) is 6.13. The highest BCUT2D eigenvalue weighted by Gasteiger charge is 2.19. The summed E-state index contributed by atoms with van der Waals surface area (Å²) in [4.78, 5) is 0. The summed E-state index contributed by atoms with van der Waals surface area (Å²) < 4.78 is 20.8. The van der Waals surface area contributed by atoms with Gasteiger partial charge in [-0.15, -0.1) is 0 Å². The van der Waals surface area contributed by atoms with Gasteiger partial charge in [-0.25, -0.2) is 4.39 Å². The lowest BCUT2D eigenvalue weighted by Crippen LogP contribution is -2.17. The van der Waals surface area contributed by atoms with E-state index in [-0.39, 0.29) is 16.0 Å². The van der Waals surface area contributed by atoms with E-state index < -0.39 is 0 Å². The van der Waals surface area contributed by atoms with Crippen LogP contribution < -0.4 is 4.72 Å². The van der Waals surface area contributed by atoms with E-state index in [1.165, 1.54) is 0 Å². The molecule has 0 atom stereocenters. The Balaban J connectivity index is 2.40. The predicted molar refractivity (Wildman–Crippen MR) is 103 cm³/mol. The summed E-state index contributed by atoms with van der Waals surface area (Å²) in [7, 11) is 0. The van der Waals surface area contributed by atoms with Gasteiger partial charge in [-0.05, 0) is 53.7 Å². The number of nitrogens with zero attached hydrogens (tertiary/aromatic N) is 1. The molecule has 5 heteroatoms. The fourth-order valence-electron chi connectivity index (χ4n) is 2.51. The average molecular weight is 401 g/mol.